The Morgan fingerprint density at radius 2 is 1.69 bits per heavy atom. The van der Waals surface area contributed by atoms with Crippen LogP contribution >= 0.6 is 0 Å². The lowest BCUT2D eigenvalue weighted by Gasteiger charge is -2.14. The molecule has 0 aromatic heterocycles. The number of hydrogen-bond donors (Lipinski definition) is 0. The van der Waals surface area contributed by atoms with Crippen LogP contribution in [-0.2, 0) is 4.79 Å². The zero-order chi connectivity index (χ0) is 10.5. The molecule has 0 heterocycles. The van der Waals surface area contributed by atoms with Crippen molar-refractivity contribution in [2.75, 3.05) is 6.54 Å². The minimum absolute atomic E-state index is 0.241. The SMILES string of the molecule is CC(=O)CCC(C)=NCC(C)(C)C. The number of hydrogen-bond acceptors (Lipinski definition) is 2. The van der Waals surface area contributed by atoms with Crippen molar-refractivity contribution in [1.82, 2.24) is 0 Å². The Kier molecular flexibility index (Phi) is 4.89. The monoisotopic (exact) mass is 183 g/mol. The van der Waals surface area contributed by atoms with Crippen LogP contribution in [0.1, 0.15) is 47.5 Å². The van der Waals surface area contributed by atoms with Gasteiger partial charge in [-0.25, -0.2) is 0 Å². The molecule has 0 saturated heterocycles. The molecule has 2 nitrogen and oxygen atoms in total. The molecule has 0 radical (unpaired) electrons. The molecule has 0 N–H and O–H groups in total. The second kappa shape index (κ2) is 5.15. The van der Waals surface area contributed by atoms with Gasteiger partial charge in [0.1, 0.15) is 5.78 Å². The third kappa shape index (κ3) is 9.25. The lowest BCUT2D eigenvalue weighted by Crippen LogP contribution is -2.11. The van der Waals surface area contributed by atoms with E-state index in [0.29, 0.717) is 6.42 Å². The first-order valence-corrected chi connectivity index (χ1v) is 4.80. The zero-order valence-corrected chi connectivity index (χ0v) is 9.48. The number of aliphatic imine (C=N–C) groups is 1. The Labute approximate surface area is 81.4 Å². The van der Waals surface area contributed by atoms with Gasteiger partial charge >= 0.3 is 0 Å². The van der Waals surface area contributed by atoms with E-state index >= 15 is 0 Å². The molecule has 0 aliphatic rings. The minimum Gasteiger partial charge on any atom is -0.300 e. The summed E-state index contributed by atoms with van der Waals surface area (Å²) in [6.45, 7) is 10.9. The third-order valence-corrected chi connectivity index (χ3v) is 1.66. The van der Waals surface area contributed by atoms with Crippen molar-refractivity contribution < 1.29 is 4.79 Å². The van der Waals surface area contributed by atoms with Crippen LogP contribution in [0.3, 0.4) is 0 Å². The molecule has 0 aromatic rings. The summed E-state index contributed by atoms with van der Waals surface area (Å²) in [5, 5.41) is 0. The normalized spacial score (nSPS) is 13.2. The molecule has 0 amide bonds. The second-order valence-corrected chi connectivity index (χ2v) is 4.81. The Balaban J connectivity index is 3.83. The molecule has 76 valence electrons. The summed E-state index contributed by atoms with van der Waals surface area (Å²) in [7, 11) is 0. The van der Waals surface area contributed by atoms with Gasteiger partial charge in [-0.1, -0.05) is 20.8 Å². The Morgan fingerprint density at radius 3 is 2.08 bits per heavy atom. The third-order valence-electron chi connectivity index (χ3n) is 1.66. The molecule has 0 saturated carbocycles. The Hall–Kier alpha value is -0.660. The van der Waals surface area contributed by atoms with Gasteiger partial charge in [0.05, 0.1) is 0 Å². The summed E-state index contributed by atoms with van der Waals surface area (Å²) in [5.41, 5.74) is 1.34. The van der Waals surface area contributed by atoms with Gasteiger partial charge in [0, 0.05) is 18.7 Å². The van der Waals surface area contributed by atoms with Crippen molar-refractivity contribution in [3.05, 3.63) is 0 Å². The maximum absolute atomic E-state index is 10.7. The molecule has 0 aliphatic heterocycles. The molecule has 0 atom stereocenters. The zero-order valence-electron chi connectivity index (χ0n) is 9.48. The van der Waals surface area contributed by atoms with E-state index < -0.39 is 0 Å². The summed E-state index contributed by atoms with van der Waals surface area (Å²) >= 11 is 0. The van der Waals surface area contributed by atoms with Crippen LogP contribution in [0, 0.1) is 5.41 Å². The fourth-order valence-electron chi connectivity index (χ4n) is 0.808. The highest BCUT2D eigenvalue weighted by Gasteiger charge is 2.08. The smallest absolute Gasteiger partial charge is 0.130 e. The maximum atomic E-state index is 10.7. The number of nitrogens with zero attached hydrogens (tertiary/aromatic N) is 1. The van der Waals surface area contributed by atoms with Crippen LogP contribution < -0.4 is 0 Å². The molecule has 0 rings (SSSR count). The first kappa shape index (κ1) is 12.3. The van der Waals surface area contributed by atoms with Crippen LogP contribution in [0.4, 0.5) is 0 Å². The predicted molar refractivity (Wildman–Crippen MR) is 57.3 cm³/mol. The number of rotatable bonds is 4. The molecule has 0 aromatic carbocycles. The van der Waals surface area contributed by atoms with E-state index in [1.807, 2.05) is 6.92 Å². The Bertz CT molecular complexity index is 199. The van der Waals surface area contributed by atoms with Crippen molar-refractivity contribution in [2.45, 2.75) is 47.5 Å². The van der Waals surface area contributed by atoms with E-state index in [1.165, 1.54) is 0 Å². The van der Waals surface area contributed by atoms with Gasteiger partial charge in [-0.05, 0) is 25.7 Å². The number of carbonyl (C=O) groups excluding carboxylic acids is 1. The first-order chi connectivity index (χ1) is 5.81. The molecule has 0 unspecified atom stereocenters. The molecule has 13 heavy (non-hydrogen) atoms. The van der Waals surface area contributed by atoms with Gasteiger partial charge in [0.2, 0.25) is 0 Å². The van der Waals surface area contributed by atoms with Gasteiger partial charge in [0.15, 0.2) is 0 Å². The average Bonchev–Trinajstić information content (AvgIpc) is 1.95. The highest BCUT2D eigenvalue weighted by atomic mass is 16.1. The average molecular weight is 183 g/mol. The first-order valence-electron chi connectivity index (χ1n) is 4.80. The molecule has 0 aliphatic carbocycles. The highest BCUT2D eigenvalue weighted by Crippen LogP contribution is 2.13. The standard InChI is InChI=1S/C11H21NO/c1-9(6-7-10(2)13)12-8-11(3,4)5/h6-8H2,1-5H3. The minimum atomic E-state index is 0.241. The fourth-order valence-corrected chi connectivity index (χ4v) is 0.808. The molecule has 0 spiro atoms. The maximum Gasteiger partial charge on any atom is 0.130 e. The summed E-state index contributed by atoms with van der Waals surface area (Å²) < 4.78 is 0. The van der Waals surface area contributed by atoms with Crippen LogP contribution in [0.5, 0.6) is 0 Å². The number of Topliss-reactive ketones (excluding diaryl/α,β-unsaturated/α-hetero) is 1. The van der Waals surface area contributed by atoms with E-state index in [-0.39, 0.29) is 11.2 Å². The van der Waals surface area contributed by atoms with E-state index in [0.717, 1.165) is 18.7 Å². The topological polar surface area (TPSA) is 29.4 Å². The van der Waals surface area contributed by atoms with Crippen molar-refractivity contribution in [3.63, 3.8) is 0 Å². The lowest BCUT2D eigenvalue weighted by molar-refractivity contribution is -0.116. The molecule has 2 heteroatoms. The van der Waals surface area contributed by atoms with E-state index in [1.54, 1.807) is 6.92 Å². The van der Waals surface area contributed by atoms with Crippen molar-refractivity contribution in [2.24, 2.45) is 10.4 Å². The van der Waals surface area contributed by atoms with Crippen LogP contribution in [0.15, 0.2) is 4.99 Å². The molecule has 0 bridgehead atoms. The van der Waals surface area contributed by atoms with Crippen molar-refractivity contribution >= 4 is 11.5 Å². The second-order valence-electron chi connectivity index (χ2n) is 4.81. The molecular weight excluding hydrogens is 162 g/mol. The van der Waals surface area contributed by atoms with E-state index in [9.17, 15) is 4.79 Å². The van der Waals surface area contributed by atoms with Crippen molar-refractivity contribution in [1.29, 1.82) is 0 Å². The quantitative estimate of drug-likeness (QED) is 0.616. The van der Waals surface area contributed by atoms with Gasteiger partial charge in [-0.2, -0.15) is 0 Å². The number of carbonyl (C=O) groups is 1. The van der Waals surface area contributed by atoms with Gasteiger partial charge in [0.25, 0.3) is 0 Å². The highest BCUT2D eigenvalue weighted by molar-refractivity contribution is 5.86. The van der Waals surface area contributed by atoms with E-state index in [2.05, 4.69) is 25.8 Å². The van der Waals surface area contributed by atoms with Gasteiger partial charge in [-0.15, -0.1) is 0 Å². The fraction of sp³-hybridized carbons (Fsp3) is 0.818. The molecule has 0 fully saturated rings. The van der Waals surface area contributed by atoms with Crippen molar-refractivity contribution in [3.8, 4) is 0 Å². The lowest BCUT2D eigenvalue weighted by atomic mass is 9.97. The Morgan fingerprint density at radius 1 is 1.15 bits per heavy atom. The summed E-state index contributed by atoms with van der Waals surface area (Å²) in [5.74, 6) is 0.241. The summed E-state index contributed by atoms with van der Waals surface area (Å²) in [6, 6.07) is 0. The van der Waals surface area contributed by atoms with Crippen LogP contribution in [0.2, 0.25) is 0 Å². The predicted octanol–water partition coefficient (Wildman–Crippen LogP) is 2.86. The van der Waals surface area contributed by atoms with Crippen LogP contribution in [-0.4, -0.2) is 18.0 Å². The van der Waals surface area contributed by atoms with Crippen LogP contribution in [0.25, 0.3) is 0 Å². The number of ketones is 1. The molecular formula is C11H21NO. The van der Waals surface area contributed by atoms with Gasteiger partial charge < -0.3 is 4.79 Å². The van der Waals surface area contributed by atoms with E-state index in [4.69, 9.17) is 0 Å². The summed E-state index contributed by atoms with van der Waals surface area (Å²) in [6.07, 6.45) is 1.44. The summed E-state index contributed by atoms with van der Waals surface area (Å²) in [4.78, 5) is 15.1. The van der Waals surface area contributed by atoms with Gasteiger partial charge in [-0.3, -0.25) is 4.99 Å². The largest absolute Gasteiger partial charge is 0.300 e.